The Labute approximate surface area is 152 Å². The lowest BCUT2D eigenvalue weighted by atomic mass is 10.1. The second kappa shape index (κ2) is 7.57. The molecule has 24 heavy (non-hydrogen) atoms. The van der Waals surface area contributed by atoms with E-state index in [0.29, 0.717) is 10.7 Å². The van der Waals surface area contributed by atoms with Gasteiger partial charge in [0.25, 0.3) is 11.6 Å². The molecule has 126 valence electrons. The summed E-state index contributed by atoms with van der Waals surface area (Å²) in [7, 11) is 1.55. The van der Waals surface area contributed by atoms with Gasteiger partial charge in [0.1, 0.15) is 5.69 Å². The molecule has 0 heterocycles. The number of hydrogen-bond donors (Lipinski definition) is 3. The van der Waals surface area contributed by atoms with Gasteiger partial charge in [0, 0.05) is 23.7 Å². The SMILES string of the molecule is CNc1ccc(C(=O)NNc2c(Cl)cc(Cl)cc2Cl)cc1[N+](=O)[O-]. The average Bonchev–Trinajstić information content (AvgIpc) is 2.52. The van der Waals surface area contributed by atoms with Crippen LogP contribution in [0.4, 0.5) is 17.1 Å². The third kappa shape index (κ3) is 4.00. The summed E-state index contributed by atoms with van der Waals surface area (Å²) in [6.45, 7) is 0. The topological polar surface area (TPSA) is 96.3 Å². The number of hydrazine groups is 1. The van der Waals surface area contributed by atoms with Gasteiger partial charge in [-0.25, -0.2) is 0 Å². The van der Waals surface area contributed by atoms with Crippen LogP contribution >= 0.6 is 34.8 Å². The first-order valence-electron chi connectivity index (χ1n) is 6.50. The van der Waals surface area contributed by atoms with E-state index in [1.165, 1.54) is 24.3 Å². The number of hydrogen-bond acceptors (Lipinski definition) is 5. The number of carbonyl (C=O) groups excluding carboxylic acids is 1. The molecule has 0 saturated heterocycles. The van der Waals surface area contributed by atoms with Crippen LogP contribution in [0, 0.1) is 10.1 Å². The Morgan fingerprint density at radius 3 is 2.29 bits per heavy atom. The van der Waals surface area contributed by atoms with Crippen molar-refractivity contribution in [2.24, 2.45) is 0 Å². The predicted molar refractivity (Wildman–Crippen MR) is 95.2 cm³/mol. The molecule has 0 radical (unpaired) electrons. The van der Waals surface area contributed by atoms with E-state index in [1.54, 1.807) is 7.05 Å². The number of nitrogens with one attached hydrogen (secondary N) is 3. The highest BCUT2D eigenvalue weighted by Gasteiger charge is 2.17. The van der Waals surface area contributed by atoms with Crippen molar-refractivity contribution in [3.8, 4) is 0 Å². The van der Waals surface area contributed by atoms with E-state index >= 15 is 0 Å². The summed E-state index contributed by atoms with van der Waals surface area (Å²) in [6.07, 6.45) is 0. The molecule has 0 atom stereocenters. The Kier molecular flexibility index (Phi) is 5.71. The van der Waals surface area contributed by atoms with Crippen molar-refractivity contribution in [3.05, 3.63) is 61.1 Å². The minimum Gasteiger partial charge on any atom is -0.383 e. The van der Waals surface area contributed by atoms with E-state index < -0.39 is 10.8 Å². The highest BCUT2D eigenvalue weighted by molar-refractivity contribution is 6.41. The number of rotatable bonds is 5. The lowest BCUT2D eigenvalue weighted by molar-refractivity contribution is -0.384. The summed E-state index contributed by atoms with van der Waals surface area (Å²) in [5, 5.41) is 14.5. The van der Waals surface area contributed by atoms with Gasteiger partial charge in [-0.05, 0) is 24.3 Å². The number of benzene rings is 2. The summed E-state index contributed by atoms with van der Waals surface area (Å²) in [5.41, 5.74) is 5.39. The van der Waals surface area contributed by atoms with E-state index in [1.807, 2.05) is 0 Å². The second-order valence-electron chi connectivity index (χ2n) is 4.56. The molecule has 2 rings (SSSR count). The maximum absolute atomic E-state index is 12.2. The van der Waals surface area contributed by atoms with Crippen LogP contribution in [-0.2, 0) is 0 Å². The van der Waals surface area contributed by atoms with Crippen molar-refractivity contribution < 1.29 is 9.72 Å². The number of nitro benzene ring substituents is 1. The molecular formula is C14H11Cl3N4O3. The zero-order valence-electron chi connectivity index (χ0n) is 12.2. The summed E-state index contributed by atoms with van der Waals surface area (Å²) >= 11 is 17.8. The number of nitro groups is 1. The number of nitrogens with zero attached hydrogens (tertiary/aromatic N) is 1. The summed E-state index contributed by atoms with van der Waals surface area (Å²) < 4.78 is 0. The number of anilines is 2. The lowest BCUT2D eigenvalue weighted by Crippen LogP contribution is -2.29. The van der Waals surface area contributed by atoms with Gasteiger partial charge in [0.2, 0.25) is 0 Å². The molecule has 2 aromatic carbocycles. The summed E-state index contributed by atoms with van der Waals surface area (Å²) in [4.78, 5) is 22.6. The van der Waals surface area contributed by atoms with E-state index in [2.05, 4.69) is 16.2 Å². The van der Waals surface area contributed by atoms with Gasteiger partial charge in [0.05, 0.1) is 20.7 Å². The molecule has 0 aliphatic carbocycles. The highest BCUT2D eigenvalue weighted by atomic mass is 35.5. The maximum atomic E-state index is 12.2. The van der Waals surface area contributed by atoms with E-state index in [9.17, 15) is 14.9 Å². The van der Waals surface area contributed by atoms with Crippen molar-refractivity contribution in [3.63, 3.8) is 0 Å². The molecule has 0 fully saturated rings. The third-order valence-electron chi connectivity index (χ3n) is 3.03. The smallest absolute Gasteiger partial charge is 0.293 e. The Morgan fingerprint density at radius 2 is 1.75 bits per heavy atom. The minimum atomic E-state index is -0.595. The van der Waals surface area contributed by atoms with Crippen LogP contribution in [0.1, 0.15) is 10.4 Å². The van der Waals surface area contributed by atoms with Crippen LogP contribution in [0.3, 0.4) is 0 Å². The Morgan fingerprint density at radius 1 is 1.12 bits per heavy atom. The largest absolute Gasteiger partial charge is 0.383 e. The van der Waals surface area contributed by atoms with Gasteiger partial charge in [-0.15, -0.1) is 0 Å². The standard InChI is InChI=1S/C14H11Cl3N4O3/c1-18-11-3-2-7(4-12(11)21(23)24)14(22)20-19-13-9(16)5-8(15)6-10(13)17/h2-6,18-19H,1H3,(H,20,22). The maximum Gasteiger partial charge on any atom is 0.293 e. The fourth-order valence-corrected chi connectivity index (χ4v) is 2.80. The highest BCUT2D eigenvalue weighted by Crippen LogP contribution is 2.33. The Bertz CT molecular complexity index is 791. The minimum absolute atomic E-state index is 0.0920. The van der Waals surface area contributed by atoms with Crippen LogP contribution < -0.4 is 16.2 Å². The van der Waals surface area contributed by atoms with Crippen LogP contribution in [0.2, 0.25) is 15.1 Å². The first kappa shape index (κ1) is 18.1. The molecule has 3 N–H and O–H groups in total. The average molecular weight is 390 g/mol. The zero-order chi connectivity index (χ0) is 17.9. The fraction of sp³-hybridized carbons (Fsp3) is 0.0714. The number of halogens is 3. The van der Waals surface area contributed by atoms with E-state index in [0.717, 1.165) is 6.07 Å². The quantitative estimate of drug-likeness (QED) is 0.522. The van der Waals surface area contributed by atoms with E-state index in [4.69, 9.17) is 34.8 Å². The molecule has 0 aliphatic heterocycles. The Balaban J connectivity index is 2.19. The van der Waals surface area contributed by atoms with Gasteiger partial charge in [-0.1, -0.05) is 34.8 Å². The molecular weight excluding hydrogens is 379 g/mol. The monoisotopic (exact) mass is 388 g/mol. The molecule has 0 aromatic heterocycles. The lowest BCUT2D eigenvalue weighted by Gasteiger charge is -2.12. The number of amides is 1. The number of carbonyl (C=O) groups is 1. The van der Waals surface area contributed by atoms with Crippen LogP contribution in [0.5, 0.6) is 0 Å². The van der Waals surface area contributed by atoms with Crippen molar-refractivity contribution in [2.75, 3.05) is 17.8 Å². The second-order valence-corrected chi connectivity index (χ2v) is 5.81. The van der Waals surface area contributed by atoms with Gasteiger partial charge in [-0.2, -0.15) is 0 Å². The van der Waals surface area contributed by atoms with E-state index in [-0.39, 0.29) is 27.0 Å². The molecule has 0 saturated carbocycles. The van der Waals surface area contributed by atoms with Gasteiger partial charge in [0.15, 0.2) is 0 Å². The molecule has 7 nitrogen and oxygen atoms in total. The molecule has 0 bridgehead atoms. The normalized spacial score (nSPS) is 10.2. The first-order chi connectivity index (χ1) is 11.3. The molecule has 10 heteroatoms. The first-order valence-corrected chi connectivity index (χ1v) is 7.64. The van der Waals surface area contributed by atoms with Crippen LogP contribution in [0.15, 0.2) is 30.3 Å². The Hall–Kier alpha value is -2.22. The predicted octanol–water partition coefficient (Wildman–Crippen LogP) is 4.35. The molecule has 0 aliphatic rings. The van der Waals surface area contributed by atoms with Crippen molar-refractivity contribution in [1.29, 1.82) is 0 Å². The zero-order valence-corrected chi connectivity index (χ0v) is 14.5. The molecule has 1 amide bonds. The third-order valence-corrected chi connectivity index (χ3v) is 3.85. The van der Waals surface area contributed by atoms with Gasteiger partial charge >= 0.3 is 0 Å². The molecule has 0 unspecified atom stereocenters. The van der Waals surface area contributed by atoms with Gasteiger partial charge < -0.3 is 5.32 Å². The molecule has 2 aromatic rings. The van der Waals surface area contributed by atoms with Crippen LogP contribution in [0.25, 0.3) is 0 Å². The van der Waals surface area contributed by atoms with Gasteiger partial charge in [-0.3, -0.25) is 25.8 Å². The summed E-state index contributed by atoms with van der Waals surface area (Å²) in [5.74, 6) is -0.595. The van der Waals surface area contributed by atoms with Crippen LogP contribution in [-0.4, -0.2) is 17.9 Å². The van der Waals surface area contributed by atoms with Crippen molar-refractivity contribution >= 4 is 57.8 Å². The fourth-order valence-electron chi connectivity index (χ4n) is 1.89. The van der Waals surface area contributed by atoms with Crippen molar-refractivity contribution in [2.45, 2.75) is 0 Å². The molecule has 0 spiro atoms. The van der Waals surface area contributed by atoms with Crippen molar-refractivity contribution in [1.82, 2.24) is 5.43 Å². The summed E-state index contributed by atoms with van der Waals surface area (Å²) in [6, 6.07) is 6.95.